The number of benzene rings is 2. The summed E-state index contributed by atoms with van der Waals surface area (Å²) in [6.45, 7) is 5.16. The van der Waals surface area contributed by atoms with Crippen LogP contribution >= 0.6 is 0 Å². The lowest BCUT2D eigenvalue weighted by molar-refractivity contribution is 0.972. The third-order valence-corrected chi connectivity index (χ3v) is 4.71. The highest BCUT2D eigenvalue weighted by atomic mass is 15.0. The number of aryl methyl sites for hydroxylation is 1. The second-order valence-corrected chi connectivity index (χ2v) is 6.80. The molecule has 3 nitrogen and oxygen atoms in total. The SMILES string of the molecule is CCCNc1nc(-c2ccc(-c3ccc(C)cc3)cc2)cc2ncccc12. The fourth-order valence-electron chi connectivity index (χ4n) is 3.18. The molecule has 0 atom stereocenters. The van der Waals surface area contributed by atoms with E-state index in [9.17, 15) is 0 Å². The summed E-state index contributed by atoms with van der Waals surface area (Å²) in [6.07, 6.45) is 2.88. The summed E-state index contributed by atoms with van der Waals surface area (Å²) in [6, 6.07) is 23.3. The van der Waals surface area contributed by atoms with E-state index in [2.05, 4.69) is 84.8 Å². The molecular weight excluding hydrogens is 330 g/mol. The van der Waals surface area contributed by atoms with Crippen molar-refractivity contribution in [2.45, 2.75) is 20.3 Å². The fourth-order valence-corrected chi connectivity index (χ4v) is 3.18. The van der Waals surface area contributed by atoms with Crippen molar-refractivity contribution in [2.75, 3.05) is 11.9 Å². The summed E-state index contributed by atoms with van der Waals surface area (Å²) in [5.74, 6) is 0.903. The third kappa shape index (κ3) is 3.68. The second kappa shape index (κ2) is 7.58. The number of nitrogens with one attached hydrogen (secondary N) is 1. The Morgan fingerprint density at radius 3 is 2.22 bits per heavy atom. The molecule has 2 aromatic heterocycles. The molecule has 0 aliphatic carbocycles. The van der Waals surface area contributed by atoms with E-state index in [-0.39, 0.29) is 0 Å². The molecule has 134 valence electrons. The quantitative estimate of drug-likeness (QED) is 0.471. The van der Waals surface area contributed by atoms with E-state index in [1.807, 2.05) is 12.3 Å². The maximum absolute atomic E-state index is 4.87. The highest BCUT2D eigenvalue weighted by Crippen LogP contribution is 2.28. The van der Waals surface area contributed by atoms with Gasteiger partial charge in [0, 0.05) is 23.7 Å². The van der Waals surface area contributed by atoms with Crippen molar-refractivity contribution >= 4 is 16.7 Å². The lowest BCUT2D eigenvalue weighted by atomic mass is 10.0. The van der Waals surface area contributed by atoms with Gasteiger partial charge in [0.05, 0.1) is 11.2 Å². The Morgan fingerprint density at radius 2 is 1.52 bits per heavy atom. The van der Waals surface area contributed by atoms with Crippen LogP contribution in [-0.2, 0) is 0 Å². The summed E-state index contributed by atoms with van der Waals surface area (Å²) < 4.78 is 0. The minimum atomic E-state index is 0.896. The zero-order valence-electron chi connectivity index (χ0n) is 15.7. The smallest absolute Gasteiger partial charge is 0.136 e. The van der Waals surface area contributed by atoms with Crippen molar-refractivity contribution in [3.8, 4) is 22.4 Å². The summed E-state index contributed by atoms with van der Waals surface area (Å²) in [5.41, 5.74) is 6.71. The zero-order valence-corrected chi connectivity index (χ0v) is 15.7. The third-order valence-electron chi connectivity index (χ3n) is 4.71. The second-order valence-electron chi connectivity index (χ2n) is 6.80. The average molecular weight is 353 g/mol. The highest BCUT2D eigenvalue weighted by Gasteiger charge is 2.08. The van der Waals surface area contributed by atoms with Crippen molar-refractivity contribution in [2.24, 2.45) is 0 Å². The van der Waals surface area contributed by atoms with Crippen molar-refractivity contribution in [3.63, 3.8) is 0 Å². The van der Waals surface area contributed by atoms with Crippen LogP contribution in [0.4, 0.5) is 5.82 Å². The molecule has 4 aromatic rings. The van der Waals surface area contributed by atoms with E-state index >= 15 is 0 Å². The van der Waals surface area contributed by atoms with Gasteiger partial charge in [0.2, 0.25) is 0 Å². The van der Waals surface area contributed by atoms with Gasteiger partial charge in [-0.15, -0.1) is 0 Å². The topological polar surface area (TPSA) is 37.8 Å². The van der Waals surface area contributed by atoms with Crippen LogP contribution in [0.2, 0.25) is 0 Å². The van der Waals surface area contributed by atoms with Crippen LogP contribution in [0, 0.1) is 6.92 Å². The lowest BCUT2D eigenvalue weighted by Crippen LogP contribution is -2.03. The van der Waals surface area contributed by atoms with Crippen molar-refractivity contribution in [1.29, 1.82) is 0 Å². The fraction of sp³-hybridized carbons (Fsp3) is 0.167. The van der Waals surface area contributed by atoms with Gasteiger partial charge in [-0.25, -0.2) is 4.98 Å². The Kier molecular flexibility index (Phi) is 4.84. The van der Waals surface area contributed by atoms with Gasteiger partial charge in [0.1, 0.15) is 5.82 Å². The van der Waals surface area contributed by atoms with Crippen molar-refractivity contribution < 1.29 is 0 Å². The average Bonchev–Trinajstić information content (AvgIpc) is 2.72. The molecule has 27 heavy (non-hydrogen) atoms. The van der Waals surface area contributed by atoms with Gasteiger partial charge in [-0.2, -0.15) is 0 Å². The number of anilines is 1. The molecule has 1 N–H and O–H groups in total. The van der Waals surface area contributed by atoms with E-state index in [0.717, 1.165) is 40.9 Å². The molecule has 0 amide bonds. The van der Waals surface area contributed by atoms with Crippen LogP contribution in [0.1, 0.15) is 18.9 Å². The monoisotopic (exact) mass is 353 g/mol. The Labute approximate surface area is 160 Å². The van der Waals surface area contributed by atoms with Gasteiger partial charge in [0.15, 0.2) is 0 Å². The first-order valence-corrected chi connectivity index (χ1v) is 9.42. The predicted octanol–water partition coefficient (Wildman–Crippen LogP) is 6.09. The van der Waals surface area contributed by atoms with Crippen LogP contribution in [0.5, 0.6) is 0 Å². The minimum absolute atomic E-state index is 0.896. The Bertz CT molecular complexity index is 1050. The Morgan fingerprint density at radius 1 is 0.852 bits per heavy atom. The van der Waals surface area contributed by atoms with E-state index in [0.29, 0.717) is 0 Å². The normalized spacial score (nSPS) is 10.9. The first-order chi connectivity index (χ1) is 13.2. The van der Waals surface area contributed by atoms with E-state index in [1.165, 1.54) is 16.7 Å². The molecule has 0 saturated heterocycles. The lowest BCUT2D eigenvalue weighted by Gasteiger charge is -2.11. The van der Waals surface area contributed by atoms with Crippen LogP contribution < -0.4 is 5.32 Å². The predicted molar refractivity (Wildman–Crippen MR) is 114 cm³/mol. The Balaban J connectivity index is 1.72. The van der Waals surface area contributed by atoms with Crippen molar-refractivity contribution in [1.82, 2.24) is 9.97 Å². The van der Waals surface area contributed by atoms with Gasteiger partial charge in [-0.05, 0) is 42.7 Å². The van der Waals surface area contributed by atoms with Gasteiger partial charge < -0.3 is 5.32 Å². The molecule has 0 aliphatic heterocycles. The van der Waals surface area contributed by atoms with Gasteiger partial charge in [-0.1, -0.05) is 61.0 Å². The molecule has 0 spiro atoms. The first kappa shape index (κ1) is 17.2. The molecule has 0 fully saturated rings. The number of pyridine rings is 2. The molecule has 0 saturated carbocycles. The maximum Gasteiger partial charge on any atom is 0.136 e. The molecule has 2 aromatic carbocycles. The van der Waals surface area contributed by atoms with E-state index < -0.39 is 0 Å². The van der Waals surface area contributed by atoms with Gasteiger partial charge in [0.25, 0.3) is 0 Å². The number of nitrogens with zero attached hydrogens (tertiary/aromatic N) is 2. The van der Waals surface area contributed by atoms with Gasteiger partial charge >= 0.3 is 0 Å². The molecular formula is C24H23N3. The number of aromatic nitrogens is 2. The van der Waals surface area contributed by atoms with Crippen molar-refractivity contribution in [3.05, 3.63) is 78.5 Å². The summed E-state index contributed by atoms with van der Waals surface area (Å²) in [5, 5.41) is 4.50. The standard InChI is InChI=1S/C24H23N3/c1-3-14-26-24-21-5-4-15-25-23(21)16-22(27-24)20-12-10-19(11-13-20)18-8-6-17(2)7-9-18/h4-13,15-16H,3,14H2,1-2H3,(H,26,27). The largest absolute Gasteiger partial charge is 0.370 e. The van der Waals surface area contributed by atoms with Crippen LogP contribution in [0.3, 0.4) is 0 Å². The molecule has 0 aliphatic rings. The number of rotatable bonds is 5. The minimum Gasteiger partial charge on any atom is -0.370 e. The van der Waals surface area contributed by atoms with Crippen LogP contribution in [-0.4, -0.2) is 16.5 Å². The zero-order chi connectivity index (χ0) is 18.6. The van der Waals surface area contributed by atoms with Crippen LogP contribution in [0.15, 0.2) is 72.9 Å². The molecule has 0 bridgehead atoms. The number of hydrogen-bond donors (Lipinski definition) is 1. The maximum atomic E-state index is 4.87. The summed E-state index contributed by atoms with van der Waals surface area (Å²) in [4.78, 5) is 9.40. The first-order valence-electron chi connectivity index (χ1n) is 9.42. The number of hydrogen-bond acceptors (Lipinski definition) is 3. The number of fused-ring (bicyclic) bond motifs is 1. The molecule has 0 unspecified atom stereocenters. The van der Waals surface area contributed by atoms with E-state index in [1.54, 1.807) is 0 Å². The molecule has 3 heteroatoms. The van der Waals surface area contributed by atoms with E-state index in [4.69, 9.17) is 4.98 Å². The van der Waals surface area contributed by atoms with Gasteiger partial charge in [-0.3, -0.25) is 4.98 Å². The molecule has 2 heterocycles. The summed E-state index contributed by atoms with van der Waals surface area (Å²) >= 11 is 0. The molecule has 4 rings (SSSR count). The highest BCUT2D eigenvalue weighted by molar-refractivity contribution is 5.92. The Hall–Kier alpha value is -3.20. The van der Waals surface area contributed by atoms with Crippen LogP contribution in [0.25, 0.3) is 33.3 Å². The molecule has 0 radical (unpaired) electrons. The summed E-state index contributed by atoms with van der Waals surface area (Å²) in [7, 11) is 0.